The van der Waals surface area contributed by atoms with Crippen molar-refractivity contribution in [3.63, 3.8) is 0 Å². The van der Waals surface area contributed by atoms with Crippen LogP contribution in [0.2, 0.25) is 0 Å². The molecule has 1 aromatic carbocycles. The first kappa shape index (κ1) is 16.0. The Balaban J connectivity index is 1.98. The van der Waals surface area contributed by atoms with E-state index in [9.17, 15) is 0 Å². The molecule has 0 aliphatic heterocycles. The van der Waals surface area contributed by atoms with Gasteiger partial charge in [0.15, 0.2) is 0 Å². The maximum Gasteiger partial charge on any atom is 0.0247 e. The number of rotatable bonds is 5. The highest BCUT2D eigenvalue weighted by molar-refractivity contribution is 9.10. The van der Waals surface area contributed by atoms with E-state index in [2.05, 4.69) is 59.1 Å². The predicted octanol–water partition coefficient (Wildman–Crippen LogP) is 4.03. The summed E-state index contributed by atoms with van der Waals surface area (Å²) < 4.78 is 1.19. The molecule has 1 unspecified atom stereocenters. The van der Waals surface area contributed by atoms with Crippen LogP contribution in [-0.4, -0.2) is 24.5 Å². The van der Waals surface area contributed by atoms with Gasteiger partial charge in [-0.15, -0.1) is 0 Å². The van der Waals surface area contributed by atoms with E-state index < -0.39 is 0 Å². The quantitative estimate of drug-likeness (QED) is 0.877. The fraction of sp³-hybridized carbons (Fsp3) is 0.647. The molecule has 1 saturated carbocycles. The molecule has 2 N–H and O–H groups in total. The molecular weight excluding hydrogens is 312 g/mol. The maximum absolute atomic E-state index is 6.08. The van der Waals surface area contributed by atoms with Crippen molar-refractivity contribution >= 4 is 15.9 Å². The Labute approximate surface area is 131 Å². The number of nitrogens with zero attached hydrogens (tertiary/aromatic N) is 1. The van der Waals surface area contributed by atoms with Crippen LogP contribution in [0.25, 0.3) is 0 Å². The summed E-state index contributed by atoms with van der Waals surface area (Å²) in [7, 11) is 2.22. The van der Waals surface area contributed by atoms with Gasteiger partial charge in [-0.3, -0.25) is 4.90 Å². The van der Waals surface area contributed by atoms with Crippen molar-refractivity contribution in [2.24, 2.45) is 17.6 Å². The lowest BCUT2D eigenvalue weighted by Gasteiger charge is -2.37. The van der Waals surface area contributed by atoms with Crippen molar-refractivity contribution in [1.29, 1.82) is 0 Å². The first-order chi connectivity index (χ1) is 9.61. The minimum atomic E-state index is 0.509. The largest absolute Gasteiger partial charge is 0.329 e. The molecule has 0 amide bonds. The molecule has 1 aromatic rings. The third kappa shape index (κ3) is 4.06. The summed E-state index contributed by atoms with van der Waals surface area (Å²) in [4.78, 5) is 2.45. The van der Waals surface area contributed by atoms with Gasteiger partial charge in [0.1, 0.15) is 0 Å². The standard InChI is InChI=1S/C17H27BrN2/c1-13-7-9-14(10-8-13)17(11-19)20(2)12-15-5-3-4-6-16(15)18/h3-6,13-14,17H,7-12,19H2,1-2H3. The lowest BCUT2D eigenvalue weighted by Crippen LogP contribution is -2.44. The van der Waals surface area contributed by atoms with E-state index in [1.807, 2.05) is 0 Å². The zero-order valence-corrected chi connectivity index (χ0v) is 14.3. The second-order valence-corrected chi connectivity index (χ2v) is 7.18. The normalized spacial score (nSPS) is 24.9. The second kappa shape index (κ2) is 7.58. The van der Waals surface area contributed by atoms with Gasteiger partial charge < -0.3 is 5.73 Å². The third-order valence-corrected chi connectivity index (χ3v) is 5.56. The predicted molar refractivity (Wildman–Crippen MR) is 89.6 cm³/mol. The minimum Gasteiger partial charge on any atom is -0.329 e. The summed E-state index contributed by atoms with van der Waals surface area (Å²) in [5, 5.41) is 0. The Morgan fingerprint density at radius 3 is 2.50 bits per heavy atom. The average molecular weight is 339 g/mol. The molecule has 0 radical (unpaired) electrons. The van der Waals surface area contributed by atoms with Crippen molar-refractivity contribution in [2.45, 2.75) is 45.2 Å². The van der Waals surface area contributed by atoms with E-state index in [0.717, 1.165) is 24.9 Å². The summed E-state index contributed by atoms with van der Waals surface area (Å²) in [5.74, 6) is 1.67. The number of halogens is 1. The highest BCUT2D eigenvalue weighted by atomic mass is 79.9. The van der Waals surface area contributed by atoms with Gasteiger partial charge >= 0.3 is 0 Å². The van der Waals surface area contributed by atoms with Crippen LogP contribution in [0.3, 0.4) is 0 Å². The fourth-order valence-electron chi connectivity index (χ4n) is 3.42. The van der Waals surface area contributed by atoms with Crippen molar-refractivity contribution in [3.8, 4) is 0 Å². The Bertz CT molecular complexity index is 413. The lowest BCUT2D eigenvalue weighted by molar-refractivity contribution is 0.130. The molecule has 1 aliphatic rings. The zero-order chi connectivity index (χ0) is 14.5. The van der Waals surface area contributed by atoms with E-state index in [0.29, 0.717) is 6.04 Å². The number of benzene rings is 1. The van der Waals surface area contributed by atoms with Crippen LogP contribution in [0.15, 0.2) is 28.7 Å². The summed E-state index contributed by atoms with van der Waals surface area (Å²) in [6, 6.07) is 8.99. The third-order valence-electron chi connectivity index (χ3n) is 4.79. The van der Waals surface area contributed by atoms with E-state index in [1.54, 1.807) is 0 Å². The molecule has 0 aromatic heterocycles. The highest BCUT2D eigenvalue weighted by Gasteiger charge is 2.28. The average Bonchev–Trinajstić information content (AvgIpc) is 2.44. The second-order valence-electron chi connectivity index (χ2n) is 6.33. The van der Waals surface area contributed by atoms with Gasteiger partial charge in [0.2, 0.25) is 0 Å². The summed E-state index contributed by atoms with van der Waals surface area (Å²) >= 11 is 3.64. The van der Waals surface area contributed by atoms with Crippen molar-refractivity contribution in [2.75, 3.05) is 13.6 Å². The fourth-order valence-corrected chi connectivity index (χ4v) is 3.83. The zero-order valence-electron chi connectivity index (χ0n) is 12.7. The van der Waals surface area contributed by atoms with Gasteiger partial charge in [-0.1, -0.05) is 53.9 Å². The van der Waals surface area contributed by atoms with Gasteiger partial charge in [-0.05, 0) is 43.4 Å². The molecule has 112 valence electrons. The molecule has 0 spiro atoms. The molecule has 0 heterocycles. The van der Waals surface area contributed by atoms with Crippen LogP contribution in [0.4, 0.5) is 0 Å². The Hall–Kier alpha value is -0.380. The molecule has 3 heteroatoms. The van der Waals surface area contributed by atoms with E-state index in [1.165, 1.54) is 35.7 Å². The maximum atomic E-state index is 6.08. The summed E-state index contributed by atoms with van der Waals surface area (Å²) in [6.07, 6.45) is 5.40. The van der Waals surface area contributed by atoms with Gasteiger partial charge in [0.05, 0.1) is 0 Å². The van der Waals surface area contributed by atoms with Crippen LogP contribution in [0, 0.1) is 11.8 Å². The van der Waals surface area contributed by atoms with Crippen LogP contribution in [0.5, 0.6) is 0 Å². The molecule has 1 fully saturated rings. The molecule has 0 bridgehead atoms. The topological polar surface area (TPSA) is 29.3 Å². The van der Waals surface area contributed by atoms with Crippen LogP contribution in [-0.2, 0) is 6.54 Å². The minimum absolute atomic E-state index is 0.509. The first-order valence-electron chi connectivity index (χ1n) is 7.75. The molecule has 2 nitrogen and oxygen atoms in total. The Morgan fingerprint density at radius 2 is 1.90 bits per heavy atom. The molecular formula is C17H27BrN2. The number of nitrogens with two attached hydrogens (primary N) is 1. The summed E-state index contributed by atoms with van der Waals surface area (Å²) in [6.45, 7) is 4.10. The van der Waals surface area contributed by atoms with Crippen LogP contribution in [0.1, 0.15) is 38.2 Å². The van der Waals surface area contributed by atoms with Gasteiger partial charge in [-0.2, -0.15) is 0 Å². The van der Waals surface area contributed by atoms with Gasteiger partial charge in [0.25, 0.3) is 0 Å². The number of hydrogen-bond acceptors (Lipinski definition) is 2. The molecule has 2 rings (SSSR count). The molecule has 20 heavy (non-hydrogen) atoms. The van der Waals surface area contributed by atoms with Crippen molar-refractivity contribution in [1.82, 2.24) is 4.90 Å². The van der Waals surface area contributed by atoms with E-state index >= 15 is 0 Å². The lowest BCUT2D eigenvalue weighted by atomic mass is 9.79. The van der Waals surface area contributed by atoms with Gasteiger partial charge in [-0.25, -0.2) is 0 Å². The SMILES string of the molecule is CC1CCC(C(CN)N(C)Cc2ccccc2Br)CC1. The smallest absolute Gasteiger partial charge is 0.0247 e. The number of likely N-dealkylation sites (N-methyl/N-ethyl adjacent to an activating group) is 1. The number of hydrogen-bond donors (Lipinski definition) is 1. The molecule has 1 atom stereocenters. The first-order valence-corrected chi connectivity index (χ1v) is 8.54. The van der Waals surface area contributed by atoms with Crippen LogP contribution >= 0.6 is 15.9 Å². The highest BCUT2D eigenvalue weighted by Crippen LogP contribution is 2.32. The Kier molecular flexibility index (Phi) is 6.06. The van der Waals surface area contributed by atoms with Crippen molar-refractivity contribution < 1.29 is 0 Å². The molecule has 0 saturated heterocycles. The summed E-state index contributed by atoms with van der Waals surface area (Å²) in [5.41, 5.74) is 7.42. The monoisotopic (exact) mass is 338 g/mol. The Morgan fingerprint density at radius 1 is 1.25 bits per heavy atom. The van der Waals surface area contributed by atoms with E-state index in [4.69, 9.17) is 5.73 Å². The van der Waals surface area contributed by atoms with E-state index in [-0.39, 0.29) is 0 Å². The van der Waals surface area contributed by atoms with Gasteiger partial charge in [0, 0.05) is 23.6 Å². The van der Waals surface area contributed by atoms with Crippen LogP contribution < -0.4 is 5.73 Å². The molecule has 1 aliphatic carbocycles. The van der Waals surface area contributed by atoms with Crippen molar-refractivity contribution in [3.05, 3.63) is 34.3 Å².